The van der Waals surface area contributed by atoms with Crippen LogP contribution >= 0.6 is 12.4 Å². The molecule has 5 nitrogen and oxygen atoms in total. The fourth-order valence-electron chi connectivity index (χ4n) is 2.14. The first-order valence-corrected chi connectivity index (χ1v) is 6.70. The summed E-state index contributed by atoms with van der Waals surface area (Å²) in [6.45, 7) is 9.67. The van der Waals surface area contributed by atoms with Crippen LogP contribution in [0, 0.1) is 5.41 Å². The Bertz CT molecular complexity index is 279. The molecule has 0 bridgehead atoms. The van der Waals surface area contributed by atoms with Crippen molar-refractivity contribution in [2.24, 2.45) is 11.1 Å². The lowest BCUT2D eigenvalue weighted by Gasteiger charge is -2.24. The number of amides is 1. The Morgan fingerprint density at radius 3 is 2.68 bits per heavy atom. The molecule has 0 radical (unpaired) electrons. The first kappa shape index (κ1) is 18.6. The van der Waals surface area contributed by atoms with Gasteiger partial charge in [0.05, 0.1) is 13.2 Å². The van der Waals surface area contributed by atoms with Gasteiger partial charge in [0.1, 0.15) is 6.10 Å². The van der Waals surface area contributed by atoms with Crippen LogP contribution in [0.25, 0.3) is 0 Å². The van der Waals surface area contributed by atoms with Gasteiger partial charge in [-0.15, -0.1) is 12.4 Å². The predicted octanol–water partition coefficient (Wildman–Crippen LogP) is 1.05. The molecule has 19 heavy (non-hydrogen) atoms. The van der Waals surface area contributed by atoms with E-state index in [2.05, 4.69) is 6.92 Å². The number of rotatable bonds is 7. The number of carbonyl (C=O) groups excluding carboxylic acids is 1. The summed E-state index contributed by atoms with van der Waals surface area (Å²) in [6.07, 6.45) is 0.576. The van der Waals surface area contributed by atoms with E-state index < -0.39 is 6.10 Å². The average Bonchev–Trinajstić information content (AvgIpc) is 2.77. The van der Waals surface area contributed by atoms with Crippen LogP contribution in [-0.2, 0) is 14.3 Å². The Kier molecular flexibility index (Phi) is 8.57. The minimum absolute atomic E-state index is 0. The highest BCUT2D eigenvalue weighted by Crippen LogP contribution is 2.28. The molecule has 0 aromatic heterocycles. The molecule has 0 aromatic carbocycles. The van der Waals surface area contributed by atoms with Crippen LogP contribution in [0.1, 0.15) is 27.2 Å². The van der Waals surface area contributed by atoms with Gasteiger partial charge in [-0.25, -0.2) is 0 Å². The Morgan fingerprint density at radius 1 is 1.47 bits per heavy atom. The second kappa shape index (κ2) is 8.74. The Labute approximate surface area is 122 Å². The van der Waals surface area contributed by atoms with Gasteiger partial charge >= 0.3 is 0 Å². The second-order valence-corrected chi connectivity index (χ2v) is 5.23. The Morgan fingerprint density at radius 2 is 2.16 bits per heavy atom. The van der Waals surface area contributed by atoms with Crippen molar-refractivity contribution in [2.75, 3.05) is 39.5 Å². The molecular formula is C13H27ClN2O3. The third-order valence-corrected chi connectivity index (χ3v) is 3.51. The molecule has 1 fully saturated rings. The predicted molar refractivity (Wildman–Crippen MR) is 77.5 cm³/mol. The molecule has 1 heterocycles. The van der Waals surface area contributed by atoms with Crippen LogP contribution < -0.4 is 5.73 Å². The summed E-state index contributed by atoms with van der Waals surface area (Å²) in [7, 11) is 0. The van der Waals surface area contributed by atoms with Gasteiger partial charge < -0.3 is 20.1 Å². The Hall–Kier alpha value is -0.360. The highest BCUT2D eigenvalue weighted by Gasteiger charge is 2.36. The lowest BCUT2D eigenvalue weighted by molar-refractivity contribution is -0.142. The summed E-state index contributed by atoms with van der Waals surface area (Å²) < 4.78 is 10.6. The van der Waals surface area contributed by atoms with Crippen LogP contribution in [0.15, 0.2) is 0 Å². The number of likely N-dealkylation sites (tertiary alicyclic amines) is 1. The molecule has 2 N–H and O–H groups in total. The van der Waals surface area contributed by atoms with Gasteiger partial charge in [-0.3, -0.25) is 4.79 Å². The van der Waals surface area contributed by atoms with E-state index in [4.69, 9.17) is 15.2 Å². The van der Waals surface area contributed by atoms with Gasteiger partial charge in [0.2, 0.25) is 0 Å². The fraction of sp³-hybridized carbons (Fsp3) is 0.923. The maximum Gasteiger partial charge on any atom is 0.251 e. The quantitative estimate of drug-likeness (QED) is 0.713. The number of ether oxygens (including phenoxy) is 2. The van der Waals surface area contributed by atoms with Gasteiger partial charge in [-0.2, -0.15) is 0 Å². The number of hydrogen-bond donors (Lipinski definition) is 1. The molecule has 114 valence electrons. The molecule has 0 aromatic rings. The number of halogens is 1. The van der Waals surface area contributed by atoms with E-state index in [9.17, 15) is 4.79 Å². The van der Waals surface area contributed by atoms with Crippen LogP contribution in [0.3, 0.4) is 0 Å². The van der Waals surface area contributed by atoms with E-state index in [-0.39, 0.29) is 23.7 Å². The number of nitrogens with zero attached hydrogens (tertiary/aromatic N) is 1. The molecule has 6 heteroatoms. The van der Waals surface area contributed by atoms with Gasteiger partial charge in [0.25, 0.3) is 5.91 Å². The molecule has 2 atom stereocenters. The molecule has 0 aliphatic carbocycles. The largest absolute Gasteiger partial charge is 0.379 e. The molecular weight excluding hydrogens is 268 g/mol. The van der Waals surface area contributed by atoms with Crippen molar-refractivity contribution in [2.45, 2.75) is 33.3 Å². The van der Waals surface area contributed by atoms with Crippen molar-refractivity contribution in [3.8, 4) is 0 Å². The van der Waals surface area contributed by atoms with E-state index in [1.165, 1.54) is 0 Å². The lowest BCUT2D eigenvalue weighted by atomic mass is 9.90. The highest BCUT2D eigenvalue weighted by atomic mass is 35.5. The first-order chi connectivity index (χ1) is 8.52. The summed E-state index contributed by atoms with van der Waals surface area (Å²) >= 11 is 0. The van der Waals surface area contributed by atoms with E-state index in [0.29, 0.717) is 26.4 Å². The van der Waals surface area contributed by atoms with Crippen molar-refractivity contribution < 1.29 is 14.3 Å². The molecule has 1 amide bonds. The van der Waals surface area contributed by atoms with Gasteiger partial charge in [-0.1, -0.05) is 6.92 Å². The summed E-state index contributed by atoms with van der Waals surface area (Å²) in [4.78, 5) is 14.0. The third kappa shape index (κ3) is 5.65. The molecule has 1 rings (SSSR count). The van der Waals surface area contributed by atoms with Crippen molar-refractivity contribution in [1.29, 1.82) is 0 Å². The van der Waals surface area contributed by atoms with E-state index in [1.54, 1.807) is 6.92 Å². The van der Waals surface area contributed by atoms with Crippen LogP contribution in [0.2, 0.25) is 0 Å². The van der Waals surface area contributed by atoms with Gasteiger partial charge in [0.15, 0.2) is 0 Å². The standard InChI is InChI=1S/C13H26N2O3.ClH/c1-4-17-7-8-18-11(2)12(16)15-6-5-13(3,9-14)10-15;/h11H,4-10,14H2,1-3H3;1H. The summed E-state index contributed by atoms with van der Waals surface area (Å²) in [5.41, 5.74) is 5.80. The molecule has 1 aliphatic heterocycles. The summed E-state index contributed by atoms with van der Waals surface area (Å²) in [5, 5.41) is 0. The highest BCUT2D eigenvalue weighted by molar-refractivity contribution is 5.85. The average molecular weight is 295 g/mol. The molecule has 1 saturated heterocycles. The smallest absolute Gasteiger partial charge is 0.251 e. The second-order valence-electron chi connectivity index (χ2n) is 5.23. The number of nitrogens with two attached hydrogens (primary N) is 1. The minimum atomic E-state index is -0.398. The minimum Gasteiger partial charge on any atom is -0.379 e. The zero-order valence-electron chi connectivity index (χ0n) is 12.2. The Balaban J connectivity index is 0.00000324. The lowest BCUT2D eigenvalue weighted by Crippen LogP contribution is -2.40. The molecule has 0 saturated carbocycles. The zero-order valence-corrected chi connectivity index (χ0v) is 13.0. The monoisotopic (exact) mass is 294 g/mol. The maximum absolute atomic E-state index is 12.1. The molecule has 0 spiro atoms. The van der Waals surface area contributed by atoms with Gasteiger partial charge in [-0.05, 0) is 32.2 Å². The zero-order chi connectivity index (χ0) is 13.6. The normalized spacial score (nSPS) is 24.1. The van der Waals surface area contributed by atoms with Crippen LogP contribution in [0.5, 0.6) is 0 Å². The summed E-state index contributed by atoms with van der Waals surface area (Å²) in [6, 6.07) is 0. The van der Waals surface area contributed by atoms with E-state index in [0.717, 1.165) is 19.5 Å². The van der Waals surface area contributed by atoms with Crippen molar-refractivity contribution >= 4 is 18.3 Å². The van der Waals surface area contributed by atoms with E-state index in [1.807, 2.05) is 11.8 Å². The van der Waals surface area contributed by atoms with Crippen molar-refractivity contribution in [3.63, 3.8) is 0 Å². The topological polar surface area (TPSA) is 64.8 Å². The SMILES string of the molecule is CCOCCOC(C)C(=O)N1CCC(C)(CN)C1.Cl. The van der Waals surface area contributed by atoms with Crippen molar-refractivity contribution in [3.05, 3.63) is 0 Å². The van der Waals surface area contributed by atoms with Crippen LogP contribution in [-0.4, -0.2) is 56.4 Å². The number of hydrogen-bond acceptors (Lipinski definition) is 4. The van der Waals surface area contributed by atoms with E-state index >= 15 is 0 Å². The molecule has 1 aliphatic rings. The summed E-state index contributed by atoms with van der Waals surface area (Å²) in [5.74, 6) is 0.0590. The third-order valence-electron chi connectivity index (χ3n) is 3.51. The van der Waals surface area contributed by atoms with Gasteiger partial charge in [0, 0.05) is 19.7 Å². The first-order valence-electron chi connectivity index (χ1n) is 6.70. The molecule has 2 unspecified atom stereocenters. The number of carbonyl (C=O) groups is 1. The fourth-order valence-corrected chi connectivity index (χ4v) is 2.14. The van der Waals surface area contributed by atoms with Crippen molar-refractivity contribution in [1.82, 2.24) is 4.90 Å². The van der Waals surface area contributed by atoms with Crippen LogP contribution in [0.4, 0.5) is 0 Å². The maximum atomic E-state index is 12.1.